The molecule has 1 aromatic rings. The summed E-state index contributed by atoms with van der Waals surface area (Å²) in [6, 6.07) is 4.67. The van der Waals surface area contributed by atoms with Crippen molar-refractivity contribution >= 4 is 29.0 Å². The molecule has 1 fully saturated rings. The van der Waals surface area contributed by atoms with Gasteiger partial charge in [-0.05, 0) is 42.0 Å². The molecule has 0 radical (unpaired) electrons. The van der Waals surface area contributed by atoms with E-state index in [-0.39, 0.29) is 30.1 Å². The standard InChI is InChI=1S/C13H13FN2O2S/c1-8-2-3-9(6-10(8)14)7-11-12(17)16(5-4-15)13(18)19-11/h2-3,6-7H,4-5,15H2,1H3. The molecule has 4 nitrogen and oxygen atoms in total. The molecule has 1 aliphatic rings. The summed E-state index contributed by atoms with van der Waals surface area (Å²) in [7, 11) is 0. The van der Waals surface area contributed by atoms with Crippen LogP contribution in [0.2, 0.25) is 0 Å². The first-order valence-electron chi connectivity index (χ1n) is 5.74. The Labute approximate surface area is 114 Å². The average molecular weight is 280 g/mol. The van der Waals surface area contributed by atoms with E-state index in [1.807, 2.05) is 0 Å². The van der Waals surface area contributed by atoms with Crippen molar-refractivity contribution in [1.29, 1.82) is 0 Å². The third kappa shape index (κ3) is 2.85. The lowest BCUT2D eigenvalue weighted by molar-refractivity contribution is -0.122. The molecular weight excluding hydrogens is 267 g/mol. The molecule has 0 saturated carbocycles. The van der Waals surface area contributed by atoms with Crippen molar-refractivity contribution in [2.24, 2.45) is 5.73 Å². The number of benzene rings is 1. The number of amides is 2. The second-order valence-corrected chi connectivity index (χ2v) is 5.12. The topological polar surface area (TPSA) is 63.4 Å². The zero-order valence-electron chi connectivity index (χ0n) is 10.4. The van der Waals surface area contributed by atoms with Gasteiger partial charge in [0.25, 0.3) is 11.1 Å². The summed E-state index contributed by atoms with van der Waals surface area (Å²) in [6.07, 6.45) is 1.52. The van der Waals surface area contributed by atoms with E-state index in [9.17, 15) is 14.0 Å². The summed E-state index contributed by atoms with van der Waals surface area (Å²) in [5.41, 5.74) is 6.44. The van der Waals surface area contributed by atoms with E-state index >= 15 is 0 Å². The quantitative estimate of drug-likeness (QED) is 0.861. The van der Waals surface area contributed by atoms with Gasteiger partial charge in [0, 0.05) is 13.1 Å². The molecule has 1 aromatic carbocycles. The van der Waals surface area contributed by atoms with E-state index in [1.165, 1.54) is 12.1 Å². The molecule has 2 rings (SSSR count). The van der Waals surface area contributed by atoms with Crippen LogP contribution < -0.4 is 5.73 Å². The number of rotatable bonds is 3. The third-order valence-corrected chi connectivity index (χ3v) is 3.63. The molecule has 6 heteroatoms. The van der Waals surface area contributed by atoms with E-state index in [0.29, 0.717) is 16.0 Å². The third-order valence-electron chi connectivity index (χ3n) is 2.72. The molecule has 19 heavy (non-hydrogen) atoms. The fraction of sp³-hybridized carbons (Fsp3) is 0.231. The maximum Gasteiger partial charge on any atom is 0.293 e. The van der Waals surface area contributed by atoms with E-state index in [1.54, 1.807) is 19.1 Å². The Morgan fingerprint density at radius 3 is 2.79 bits per heavy atom. The number of aryl methyl sites for hydroxylation is 1. The number of nitrogens with two attached hydrogens (primary N) is 1. The lowest BCUT2D eigenvalue weighted by atomic mass is 10.1. The molecule has 0 atom stereocenters. The molecular formula is C13H13FN2O2S. The van der Waals surface area contributed by atoms with Crippen molar-refractivity contribution in [3.05, 3.63) is 40.0 Å². The first kappa shape index (κ1) is 13.8. The van der Waals surface area contributed by atoms with Crippen LogP contribution in [0.3, 0.4) is 0 Å². The summed E-state index contributed by atoms with van der Waals surface area (Å²) < 4.78 is 13.4. The summed E-state index contributed by atoms with van der Waals surface area (Å²) >= 11 is 0.847. The molecule has 0 bridgehead atoms. The van der Waals surface area contributed by atoms with Crippen molar-refractivity contribution in [2.45, 2.75) is 6.92 Å². The molecule has 0 spiro atoms. The number of thioether (sulfide) groups is 1. The number of hydrogen-bond donors (Lipinski definition) is 1. The number of hydrogen-bond acceptors (Lipinski definition) is 4. The minimum Gasteiger partial charge on any atom is -0.329 e. The van der Waals surface area contributed by atoms with Crippen LogP contribution in [0.4, 0.5) is 9.18 Å². The highest BCUT2D eigenvalue weighted by atomic mass is 32.2. The second-order valence-electron chi connectivity index (χ2n) is 4.13. The minimum atomic E-state index is -0.374. The number of halogens is 1. The summed E-state index contributed by atoms with van der Waals surface area (Å²) in [5, 5.41) is -0.339. The van der Waals surface area contributed by atoms with Crippen LogP contribution in [0.5, 0.6) is 0 Å². The fourth-order valence-electron chi connectivity index (χ4n) is 1.67. The van der Waals surface area contributed by atoms with Gasteiger partial charge in [0.15, 0.2) is 0 Å². The molecule has 0 aliphatic carbocycles. The predicted octanol–water partition coefficient (Wildman–Crippen LogP) is 2.13. The summed E-state index contributed by atoms with van der Waals surface area (Å²) in [5.74, 6) is -0.712. The highest BCUT2D eigenvalue weighted by Crippen LogP contribution is 2.31. The monoisotopic (exact) mass is 280 g/mol. The van der Waals surface area contributed by atoms with Crippen molar-refractivity contribution in [3.8, 4) is 0 Å². The van der Waals surface area contributed by atoms with Crippen molar-refractivity contribution in [2.75, 3.05) is 13.1 Å². The van der Waals surface area contributed by atoms with Crippen LogP contribution in [0.25, 0.3) is 6.08 Å². The molecule has 1 heterocycles. The Bertz CT molecular complexity index is 572. The van der Waals surface area contributed by atoms with Gasteiger partial charge >= 0.3 is 0 Å². The minimum absolute atomic E-state index is 0.199. The Hall–Kier alpha value is -1.66. The Kier molecular flexibility index (Phi) is 4.01. The highest BCUT2D eigenvalue weighted by molar-refractivity contribution is 8.18. The molecule has 0 aromatic heterocycles. The zero-order chi connectivity index (χ0) is 14.0. The summed E-state index contributed by atoms with van der Waals surface area (Å²) in [6.45, 7) is 2.09. The van der Waals surface area contributed by atoms with Crippen molar-refractivity contribution < 1.29 is 14.0 Å². The lowest BCUT2D eigenvalue weighted by Crippen LogP contribution is -2.33. The summed E-state index contributed by atoms with van der Waals surface area (Å²) in [4.78, 5) is 24.9. The molecule has 1 aliphatic heterocycles. The van der Waals surface area contributed by atoms with E-state index in [2.05, 4.69) is 0 Å². The van der Waals surface area contributed by atoms with Gasteiger partial charge in [-0.15, -0.1) is 0 Å². The van der Waals surface area contributed by atoms with Gasteiger partial charge in [0.05, 0.1) is 4.91 Å². The lowest BCUT2D eigenvalue weighted by Gasteiger charge is -2.09. The first-order chi connectivity index (χ1) is 9.02. The molecule has 2 amide bonds. The Balaban J connectivity index is 2.27. The molecule has 1 saturated heterocycles. The van der Waals surface area contributed by atoms with Gasteiger partial charge in [-0.25, -0.2) is 4.39 Å². The number of nitrogens with zero attached hydrogens (tertiary/aromatic N) is 1. The van der Waals surface area contributed by atoms with E-state index < -0.39 is 0 Å². The van der Waals surface area contributed by atoms with Crippen LogP contribution in [0.1, 0.15) is 11.1 Å². The van der Waals surface area contributed by atoms with Gasteiger partial charge in [-0.2, -0.15) is 0 Å². The van der Waals surface area contributed by atoms with Crippen LogP contribution in [0, 0.1) is 12.7 Å². The largest absolute Gasteiger partial charge is 0.329 e. The fourth-order valence-corrected chi connectivity index (χ4v) is 2.54. The van der Waals surface area contributed by atoms with Crippen LogP contribution in [-0.2, 0) is 4.79 Å². The number of carbonyl (C=O) groups excluding carboxylic acids is 2. The second kappa shape index (κ2) is 5.54. The SMILES string of the molecule is Cc1ccc(C=C2SC(=O)N(CCN)C2=O)cc1F. The Morgan fingerprint density at radius 1 is 1.42 bits per heavy atom. The normalized spacial score (nSPS) is 17.6. The van der Waals surface area contributed by atoms with Crippen molar-refractivity contribution in [1.82, 2.24) is 4.90 Å². The average Bonchev–Trinajstić information content (AvgIpc) is 2.62. The van der Waals surface area contributed by atoms with Crippen molar-refractivity contribution in [3.63, 3.8) is 0 Å². The zero-order valence-corrected chi connectivity index (χ0v) is 11.2. The van der Waals surface area contributed by atoms with E-state index in [0.717, 1.165) is 16.7 Å². The van der Waals surface area contributed by atoms with Gasteiger partial charge in [0.1, 0.15) is 5.82 Å². The smallest absolute Gasteiger partial charge is 0.293 e. The van der Waals surface area contributed by atoms with Crippen LogP contribution in [-0.4, -0.2) is 29.1 Å². The van der Waals surface area contributed by atoms with Gasteiger partial charge in [0.2, 0.25) is 0 Å². The number of carbonyl (C=O) groups is 2. The molecule has 2 N–H and O–H groups in total. The first-order valence-corrected chi connectivity index (χ1v) is 6.56. The van der Waals surface area contributed by atoms with Gasteiger partial charge in [-0.1, -0.05) is 12.1 Å². The molecule has 100 valence electrons. The number of imide groups is 1. The molecule has 0 unspecified atom stereocenters. The van der Waals surface area contributed by atoms with Gasteiger partial charge < -0.3 is 5.73 Å². The van der Waals surface area contributed by atoms with E-state index in [4.69, 9.17) is 5.73 Å². The maximum atomic E-state index is 13.4. The highest BCUT2D eigenvalue weighted by Gasteiger charge is 2.34. The van der Waals surface area contributed by atoms with Gasteiger partial charge in [-0.3, -0.25) is 14.5 Å². The van der Waals surface area contributed by atoms with Crippen LogP contribution >= 0.6 is 11.8 Å². The Morgan fingerprint density at radius 2 is 2.16 bits per heavy atom. The van der Waals surface area contributed by atoms with Crippen LogP contribution in [0.15, 0.2) is 23.1 Å². The predicted molar refractivity (Wildman–Crippen MR) is 72.9 cm³/mol. The maximum absolute atomic E-state index is 13.4.